The average molecular weight is 293 g/mol. The third-order valence-electron chi connectivity index (χ3n) is 4.15. The predicted octanol–water partition coefficient (Wildman–Crippen LogP) is 4.46. The number of hydrogen-bond donors (Lipinski definition) is 1. The fraction of sp³-hybridized carbons (Fsp3) is 0.263. The van der Waals surface area contributed by atoms with Crippen LogP contribution in [0.1, 0.15) is 41.6 Å². The van der Waals surface area contributed by atoms with E-state index in [0.29, 0.717) is 22.9 Å². The Bertz CT molecular complexity index is 656. The maximum absolute atomic E-state index is 12.0. The minimum atomic E-state index is -0.362. The molecule has 1 N–H and O–H groups in total. The Morgan fingerprint density at radius 3 is 2.18 bits per heavy atom. The highest BCUT2D eigenvalue weighted by Crippen LogP contribution is 2.28. The van der Waals surface area contributed by atoms with Crippen molar-refractivity contribution >= 4 is 11.7 Å². The molecule has 0 saturated heterocycles. The third-order valence-corrected chi connectivity index (χ3v) is 4.15. The van der Waals surface area contributed by atoms with Gasteiger partial charge < -0.3 is 10.1 Å². The lowest BCUT2D eigenvalue weighted by atomic mass is 9.95. The Morgan fingerprint density at radius 2 is 1.55 bits per heavy atom. The SMILES string of the molecule is N=C(c1ccc(OC(=O)c2ccccc2)cc1)C1CCCC1. The number of carbonyl (C=O) groups is 1. The normalized spacial score (nSPS) is 14.7. The van der Waals surface area contributed by atoms with Gasteiger partial charge in [0.2, 0.25) is 0 Å². The summed E-state index contributed by atoms with van der Waals surface area (Å²) < 4.78 is 5.35. The van der Waals surface area contributed by atoms with Gasteiger partial charge >= 0.3 is 5.97 Å². The summed E-state index contributed by atoms with van der Waals surface area (Å²) in [4.78, 5) is 12.0. The molecule has 3 heteroatoms. The highest BCUT2D eigenvalue weighted by Gasteiger charge is 2.20. The summed E-state index contributed by atoms with van der Waals surface area (Å²) >= 11 is 0. The zero-order valence-corrected chi connectivity index (χ0v) is 12.4. The van der Waals surface area contributed by atoms with Gasteiger partial charge in [0.05, 0.1) is 5.56 Å². The van der Waals surface area contributed by atoms with Crippen molar-refractivity contribution in [2.45, 2.75) is 25.7 Å². The van der Waals surface area contributed by atoms with E-state index in [4.69, 9.17) is 10.1 Å². The molecule has 0 radical (unpaired) electrons. The number of ether oxygens (including phenoxy) is 1. The first-order valence-electron chi connectivity index (χ1n) is 7.70. The molecule has 112 valence electrons. The van der Waals surface area contributed by atoms with Crippen LogP contribution in [0.5, 0.6) is 5.75 Å². The molecule has 0 unspecified atom stereocenters. The topological polar surface area (TPSA) is 50.1 Å². The molecule has 0 aliphatic heterocycles. The van der Waals surface area contributed by atoms with Crippen molar-refractivity contribution in [3.63, 3.8) is 0 Å². The van der Waals surface area contributed by atoms with E-state index in [-0.39, 0.29) is 5.97 Å². The van der Waals surface area contributed by atoms with Crippen molar-refractivity contribution in [1.29, 1.82) is 5.41 Å². The zero-order valence-electron chi connectivity index (χ0n) is 12.4. The van der Waals surface area contributed by atoms with E-state index in [0.717, 1.165) is 18.4 Å². The molecule has 22 heavy (non-hydrogen) atoms. The van der Waals surface area contributed by atoms with Crippen LogP contribution in [0, 0.1) is 11.3 Å². The van der Waals surface area contributed by atoms with Gasteiger partial charge in [0.15, 0.2) is 0 Å². The van der Waals surface area contributed by atoms with Gasteiger partial charge in [0.1, 0.15) is 5.75 Å². The van der Waals surface area contributed by atoms with Gasteiger partial charge in [-0.1, -0.05) is 31.0 Å². The van der Waals surface area contributed by atoms with Crippen LogP contribution in [0.3, 0.4) is 0 Å². The Labute approximate surface area is 130 Å². The van der Waals surface area contributed by atoms with Gasteiger partial charge in [-0.2, -0.15) is 0 Å². The zero-order chi connectivity index (χ0) is 15.4. The van der Waals surface area contributed by atoms with Gasteiger partial charge in [0, 0.05) is 11.6 Å². The maximum Gasteiger partial charge on any atom is 0.343 e. The van der Waals surface area contributed by atoms with Gasteiger partial charge in [-0.3, -0.25) is 0 Å². The Balaban J connectivity index is 1.66. The molecular weight excluding hydrogens is 274 g/mol. The van der Waals surface area contributed by atoms with Crippen molar-refractivity contribution in [1.82, 2.24) is 0 Å². The first-order chi connectivity index (χ1) is 10.7. The van der Waals surface area contributed by atoms with Crippen molar-refractivity contribution in [3.8, 4) is 5.75 Å². The number of hydrogen-bond acceptors (Lipinski definition) is 3. The highest BCUT2D eigenvalue weighted by atomic mass is 16.5. The van der Waals surface area contributed by atoms with Gasteiger partial charge in [-0.25, -0.2) is 4.79 Å². The van der Waals surface area contributed by atoms with E-state index in [9.17, 15) is 4.79 Å². The summed E-state index contributed by atoms with van der Waals surface area (Å²) in [5, 5.41) is 8.27. The Kier molecular flexibility index (Phi) is 4.33. The van der Waals surface area contributed by atoms with Crippen LogP contribution in [0.2, 0.25) is 0 Å². The standard InChI is InChI=1S/C19H19NO2/c20-18(14-6-4-5-7-14)15-10-12-17(13-11-15)22-19(21)16-8-2-1-3-9-16/h1-3,8-14,20H,4-7H2. The average Bonchev–Trinajstić information content (AvgIpc) is 3.10. The van der Waals surface area contributed by atoms with E-state index >= 15 is 0 Å². The van der Waals surface area contributed by atoms with Gasteiger partial charge in [-0.15, -0.1) is 0 Å². The molecule has 1 aliphatic rings. The molecule has 0 spiro atoms. The summed E-state index contributed by atoms with van der Waals surface area (Å²) in [6, 6.07) is 16.2. The van der Waals surface area contributed by atoms with Crippen molar-refractivity contribution < 1.29 is 9.53 Å². The summed E-state index contributed by atoms with van der Waals surface area (Å²) in [7, 11) is 0. The lowest BCUT2D eigenvalue weighted by molar-refractivity contribution is 0.0735. The second kappa shape index (κ2) is 6.56. The predicted molar refractivity (Wildman–Crippen MR) is 86.6 cm³/mol. The number of esters is 1. The van der Waals surface area contributed by atoms with E-state index in [1.54, 1.807) is 24.3 Å². The Hall–Kier alpha value is -2.42. The lowest BCUT2D eigenvalue weighted by Gasteiger charge is -2.12. The molecule has 0 aromatic heterocycles. The smallest absolute Gasteiger partial charge is 0.343 e. The quantitative estimate of drug-likeness (QED) is 0.514. The van der Waals surface area contributed by atoms with Crippen molar-refractivity contribution in [3.05, 3.63) is 65.7 Å². The fourth-order valence-corrected chi connectivity index (χ4v) is 2.89. The molecule has 3 nitrogen and oxygen atoms in total. The molecule has 1 aliphatic carbocycles. The second-order valence-electron chi connectivity index (χ2n) is 5.67. The summed E-state index contributed by atoms with van der Waals surface area (Å²) in [5.41, 5.74) is 2.16. The number of benzene rings is 2. The van der Waals surface area contributed by atoms with Crippen molar-refractivity contribution in [2.24, 2.45) is 5.92 Å². The lowest BCUT2D eigenvalue weighted by Crippen LogP contribution is -2.11. The molecule has 2 aromatic carbocycles. The number of nitrogens with one attached hydrogen (secondary N) is 1. The van der Waals surface area contributed by atoms with Crippen LogP contribution < -0.4 is 4.74 Å². The molecule has 0 bridgehead atoms. The van der Waals surface area contributed by atoms with E-state index in [2.05, 4.69) is 0 Å². The summed E-state index contributed by atoms with van der Waals surface area (Å²) in [6.45, 7) is 0. The van der Waals surface area contributed by atoms with Crippen LogP contribution >= 0.6 is 0 Å². The van der Waals surface area contributed by atoms with Crippen LogP contribution in [0.15, 0.2) is 54.6 Å². The first-order valence-corrected chi connectivity index (χ1v) is 7.70. The molecule has 0 heterocycles. The summed E-state index contributed by atoms with van der Waals surface area (Å²) in [5.74, 6) is 0.536. The molecular formula is C19H19NO2. The molecule has 3 rings (SSSR count). The highest BCUT2D eigenvalue weighted by molar-refractivity contribution is 6.00. The van der Waals surface area contributed by atoms with Crippen LogP contribution in [-0.2, 0) is 0 Å². The van der Waals surface area contributed by atoms with Crippen LogP contribution in [0.25, 0.3) is 0 Å². The minimum absolute atomic E-state index is 0.362. The molecule has 0 amide bonds. The largest absolute Gasteiger partial charge is 0.423 e. The number of carbonyl (C=O) groups excluding carboxylic acids is 1. The van der Waals surface area contributed by atoms with Crippen molar-refractivity contribution in [2.75, 3.05) is 0 Å². The van der Waals surface area contributed by atoms with Gasteiger partial charge in [0.25, 0.3) is 0 Å². The fourth-order valence-electron chi connectivity index (χ4n) is 2.89. The molecule has 2 aromatic rings. The maximum atomic E-state index is 12.0. The van der Waals surface area contributed by atoms with E-state index in [1.807, 2.05) is 30.3 Å². The third kappa shape index (κ3) is 3.25. The van der Waals surface area contributed by atoms with Crippen LogP contribution in [-0.4, -0.2) is 11.7 Å². The van der Waals surface area contributed by atoms with Crippen LogP contribution in [0.4, 0.5) is 0 Å². The monoisotopic (exact) mass is 293 g/mol. The Morgan fingerprint density at radius 1 is 0.909 bits per heavy atom. The second-order valence-corrected chi connectivity index (χ2v) is 5.67. The van der Waals surface area contributed by atoms with Gasteiger partial charge in [-0.05, 0) is 54.8 Å². The summed E-state index contributed by atoms with van der Waals surface area (Å²) in [6.07, 6.45) is 4.67. The molecule has 1 saturated carbocycles. The number of rotatable bonds is 4. The first kappa shape index (κ1) is 14.5. The molecule has 0 atom stereocenters. The minimum Gasteiger partial charge on any atom is -0.423 e. The van der Waals surface area contributed by atoms with E-state index in [1.165, 1.54) is 12.8 Å². The van der Waals surface area contributed by atoms with E-state index < -0.39 is 0 Å². The molecule has 1 fully saturated rings.